The summed E-state index contributed by atoms with van der Waals surface area (Å²) in [6.45, 7) is 7.38. The number of anilines is 1. The highest BCUT2D eigenvalue weighted by molar-refractivity contribution is 5.46. The lowest BCUT2D eigenvalue weighted by Crippen LogP contribution is -2.54. The number of pyridine rings is 1. The number of aliphatic hydroxyl groups excluding tert-OH is 2. The molecule has 112 valence electrons. The smallest absolute Gasteiger partial charge is 0.0988 e. The number of hydrogen-bond acceptors (Lipinski definition) is 5. The molecule has 0 saturated carbocycles. The van der Waals surface area contributed by atoms with Gasteiger partial charge < -0.3 is 19.8 Å². The van der Waals surface area contributed by atoms with E-state index < -0.39 is 6.10 Å². The van der Waals surface area contributed by atoms with Gasteiger partial charge in [0.2, 0.25) is 0 Å². The third-order valence-corrected chi connectivity index (χ3v) is 3.55. The Kier molecular flexibility index (Phi) is 4.62. The van der Waals surface area contributed by atoms with Crippen molar-refractivity contribution in [1.82, 2.24) is 4.98 Å². The highest BCUT2D eigenvalue weighted by atomic mass is 16.5. The zero-order valence-electron chi connectivity index (χ0n) is 12.4. The van der Waals surface area contributed by atoms with E-state index in [0.29, 0.717) is 18.7 Å². The first-order chi connectivity index (χ1) is 9.45. The van der Waals surface area contributed by atoms with E-state index in [1.165, 1.54) is 0 Å². The van der Waals surface area contributed by atoms with Crippen molar-refractivity contribution in [2.75, 3.05) is 24.6 Å². The molecule has 1 unspecified atom stereocenters. The summed E-state index contributed by atoms with van der Waals surface area (Å²) in [7, 11) is 0. The van der Waals surface area contributed by atoms with Gasteiger partial charge in [0.1, 0.15) is 0 Å². The highest BCUT2D eigenvalue weighted by Crippen LogP contribution is 2.26. The summed E-state index contributed by atoms with van der Waals surface area (Å²) in [5.41, 5.74) is 1.39. The Morgan fingerprint density at radius 2 is 2.25 bits per heavy atom. The molecule has 2 heterocycles. The van der Waals surface area contributed by atoms with E-state index in [1.54, 1.807) is 6.20 Å². The Hall–Kier alpha value is -1.17. The molecule has 0 aromatic carbocycles. The maximum Gasteiger partial charge on any atom is 0.0988 e. The third-order valence-electron chi connectivity index (χ3n) is 3.55. The summed E-state index contributed by atoms with van der Waals surface area (Å²) in [4.78, 5) is 6.49. The van der Waals surface area contributed by atoms with E-state index in [-0.39, 0.29) is 18.3 Å². The Labute approximate surface area is 120 Å². The quantitative estimate of drug-likeness (QED) is 0.875. The molecular weight excluding hydrogens is 256 g/mol. The van der Waals surface area contributed by atoms with Crippen LogP contribution in [0, 0.1) is 0 Å². The first-order valence-corrected chi connectivity index (χ1v) is 7.13. The van der Waals surface area contributed by atoms with Crippen LogP contribution in [0.3, 0.4) is 0 Å². The standard InChI is InChI=1S/C15H24N2O3/c1-4-14(19)13-6-5-11(7-16-13)17-8-12(9-18)20-15(2,3)10-17/h5-7,12,14,18-19H,4,8-10H2,1-3H3/t12?,14-/m0/s1. The van der Waals surface area contributed by atoms with Gasteiger partial charge in [0.15, 0.2) is 0 Å². The number of hydrogen-bond donors (Lipinski definition) is 2. The largest absolute Gasteiger partial charge is 0.394 e. The van der Waals surface area contributed by atoms with Gasteiger partial charge in [-0.15, -0.1) is 0 Å². The van der Waals surface area contributed by atoms with E-state index in [9.17, 15) is 10.2 Å². The first kappa shape index (κ1) is 15.2. The highest BCUT2D eigenvalue weighted by Gasteiger charge is 2.33. The number of rotatable bonds is 4. The van der Waals surface area contributed by atoms with Gasteiger partial charge in [-0.25, -0.2) is 0 Å². The van der Waals surface area contributed by atoms with Crippen molar-refractivity contribution < 1.29 is 14.9 Å². The van der Waals surface area contributed by atoms with Gasteiger partial charge in [-0.2, -0.15) is 0 Å². The fourth-order valence-electron chi connectivity index (χ4n) is 2.58. The summed E-state index contributed by atoms with van der Waals surface area (Å²) in [5, 5.41) is 19.1. The predicted molar refractivity (Wildman–Crippen MR) is 77.7 cm³/mol. The lowest BCUT2D eigenvalue weighted by Gasteiger charge is -2.43. The van der Waals surface area contributed by atoms with Crippen LogP contribution in [-0.4, -0.2) is 46.6 Å². The van der Waals surface area contributed by atoms with Crippen molar-refractivity contribution in [2.45, 2.75) is 45.0 Å². The molecule has 0 amide bonds. The van der Waals surface area contributed by atoms with Crippen molar-refractivity contribution in [3.05, 3.63) is 24.0 Å². The molecule has 1 aliphatic heterocycles. The van der Waals surface area contributed by atoms with Crippen LogP contribution in [0.1, 0.15) is 39.0 Å². The molecule has 2 atom stereocenters. The van der Waals surface area contributed by atoms with E-state index in [1.807, 2.05) is 32.9 Å². The molecule has 1 aromatic rings. The van der Waals surface area contributed by atoms with Gasteiger partial charge >= 0.3 is 0 Å². The number of aromatic nitrogens is 1. The van der Waals surface area contributed by atoms with E-state index >= 15 is 0 Å². The zero-order valence-corrected chi connectivity index (χ0v) is 12.4. The second-order valence-corrected chi connectivity index (χ2v) is 5.93. The molecule has 5 nitrogen and oxygen atoms in total. The number of nitrogens with zero attached hydrogens (tertiary/aromatic N) is 2. The first-order valence-electron chi connectivity index (χ1n) is 7.13. The molecule has 5 heteroatoms. The molecule has 0 aliphatic carbocycles. The predicted octanol–water partition coefficient (Wildman–Crippen LogP) is 1.50. The summed E-state index contributed by atoms with van der Waals surface area (Å²) in [5.74, 6) is 0. The van der Waals surface area contributed by atoms with Crippen LogP contribution in [0.2, 0.25) is 0 Å². The minimum Gasteiger partial charge on any atom is -0.394 e. The van der Waals surface area contributed by atoms with Gasteiger partial charge in [0.05, 0.1) is 42.0 Å². The van der Waals surface area contributed by atoms with Crippen LogP contribution >= 0.6 is 0 Å². The molecule has 0 bridgehead atoms. The summed E-state index contributed by atoms with van der Waals surface area (Å²) < 4.78 is 5.80. The number of ether oxygens (including phenoxy) is 1. The Balaban J connectivity index is 2.14. The fraction of sp³-hybridized carbons (Fsp3) is 0.667. The van der Waals surface area contributed by atoms with Gasteiger partial charge in [-0.05, 0) is 32.4 Å². The zero-order chi connectivity index (χ0) is 14.8. The van der Waals surface area contributed by atoms with Crippen LogP contribution < -0.4 is 4.90 Å². The summed E-state index contributed by atoms with van der Waals surface area (Å²) in [6.07, 6.45) is 1.75. The van der Waals surface area contributed by atoms with Gasteiger partial charge in [-0.3, -0.25) is 4.98 Å². The van der Waals surface area contributed by atoms with E-state index in [4.69, 9.17) is 4.74 Å². The molecule has 2 N–H and O–H groups in total. The van der Waals surface area contributed by atoms with Crippen LogP contribution in [0.4, 0.5) is 5.69 Å². The van der Waals surface area contributed by atoms with Crippen LogP contribution in [0.25, 0.3) is 0 Å². The molecule has 20 heavy (non-hydrogen) atoms. The normalized spacial score (nSPS) is 23.6. The monoisotopic (exact) mass is 280 g/mol. The lowest BCUT2D eigenvalue weighted by atomic mass is 10.0. The van der Waals surface area contributed by atoms with Crippen LogP contribution in [-0.2, 0) is 4.74 Å². The molecule has 1 fully saturated rings. The summed E-state index contributed by atoms with van der Waals surface area (Å²) in [6, 6.07) is 3.83. The van der Waals surface area contributed by atoms with Crippen LogP contribution in [0.15, 0.2) is 18.3 Å². The average Bonchev–Trinajstić information content (AvgIpc) is 2.44. The minimum absolute atomic E-state index is 0.0139. The van der Waals surface area contributed by atoms with Crippen LogP contribution in [0.5, 0.6) is 0 Å². The molecular formula is C15H24N2O3. The number of aliphatic hydroxyl groups is 2. The summed E-state index contributed by atoms with van der Waals surface area (Å²) >= 11 is 0. The van der Waals surface area contributed by atoms with Gasteiger partial charge in [-0.1, -0.05) is 6.92 Å². The van der Waals surface area contributed by atoms with Crippen molar-refractivity contribution in [3.8, 4) is 0 Å². The van der Waals surface area contributed by atoms with Crippen molar-refractivity contribution in [3.63, 3.8) is 0 Å². The molecule has 1 aromatic heterocycles. The maximum absolute atomic E-state index is 9.76. The van der Waals surface area contributed by atoms with Crippen molar-refractivity contribution in [2.24, 2.45) is 0 Å². The van der Waals surface area contributed by atoms with E-state index in [2.05, 4.69) is 9.88 Å². The molecule has 0 spiro atoms. The maximum atomic E-state index is 9.76. The minimum atomic E-state index is -0.504. The molecule has 0 radical (unpaired) electrons. The molecule has 1 saturated heterocycles. The SMILES string of the molecule is CC[C@H](O)c1ccc(N2CC(CO)OC(C)(C)C2)cn1. The van der Waals surface area contributed by atoms with Crippen molar-refractivity contribution in [1.29, 1.82) is 0 Å². The Morgan fingerprint density at radius 1 is 1.50 bits per heavy atom. The lowest BCUT2D eigenvalue weighted by molar-refractivity contribution is -0.101. The number of morpholine rings is 1. The fourth-order valence-corrected chi connectivity index (χ4v) is 2.58. The second kappa shape index (κ2) is 6.08. The second-order valence-electron chi connectivity index (χ2n) is 5.93. The van der Waals surface area contributed by atoms with Gasteiger partial charge in [0, 0.05) is 13.1 Å². The molecule has 2 rings (SSSR count). The van der Waals surface area contributed by atoms with E-state index in [0.717, 1.165) is 12.2 Å². The Morgan fingerprint density at radius 3 is 2.80 bits per heavy atom. The third kappa shape index (κ3) is 3.48. The molecule has 1 aliphatic rings. The average molecular weight is 280 g/mol. The van der Waals surface area contributed by atoms with Crippen molar-refractivity contribution >= 4 is 5.69 Å². The topological polar surface area (TPSA) is 65.8 Å². The Bertz CT molecular complexity index is 433. The van der Waals surface area contributed by atoms with Gasteiger partial charge in [0.25, 0.3) is 0 Å².